The van der Waals surface area contributed by atoms with Crippen LogP contribution < -0.4 is 5.32 Å². The van der Waals surface area contributed by atoms with Gasteiger partial charge in [-0.2, -0.15) is 0 Å². The van der Waals surface area contributed by atoms with Crippen molar-refractivity contribution < 1.29 is 9.90 Å². The molecule has 2 N–H and O–H groups in total. The Bertz CT molecular complexity index is 620. The van der Waals surface area contributed by atoms with E-state index in [9.17, 15) is 9.90 Å². The molecule has 0 fully saturated rings. The highest BCUT2D eigenvalue weighted by atomic mass is 35.5. The Morgan fingerprint density at radius 2 is 2.11 bits per heavy atom. The third-order valence-corrected chi connectivity index (χ3v) is 2.90. The lowest BCUT2D eigenvalue weighted by molar-refractivity contribution is 0.0692. The molecule has 0 aliphatic rings. The molecule has 1 heterocycles. The number of carbonyl (C=O) groups excluding carboxylic acids is 1. The fourth-order valence-electron chi connectivity index (χ4n) is 1.66. The first-order chi connectivity index (χ1) is 8.87. The summed E-state index contributed by atoms with van der Waals surface area (Å²) in [6.45, 7) is 3.39. The number of aromatic nitrogens is 1. The molecule has 1 aromatic heterocycles. The quantitative estimate of drug-likeness (QED) is 0.848. The molecule has 0 bridgehead atoms. The molecule has 2 rings (SSSR count). The molecule has 5 heteroatoms. The number of hydrogen-bond acceptors (Lipinski definition) is 3. The van der Waals surface area contributed by atoms with Crippen LogP contribution in [0.5, 0.6) is 0 Å². The van der Waals surface area contributed by atoms with Gasteiger partial charge in [-0.1, -0.05) is 35.9 Å². The number of aliphatic hydroxyl groups is 1. The molecular formula is C14H15ClN2O2. The maximum atomic E-state index is 11.9. The molecule has 0 atom stereocenters. The van der Waals surface area contributed by atoms with Crippen molar-refractivity contribution in [3.63, 3.8) is 0 Å². The summed E-state index contributed by atoms with van der Waals surface area (Å²) < 4.78 is 0. The minimum absolute atomic E-state index is 0.151. The van der Waals surface area contributed by atoms with Gasteiger partial charge in [0.05, 0.1) is 5.60 Å². The third kappa shape index (κ3) is 3.43. The van der Waals surface area contributed by atoms with Crippen LogP contribution in [0.15, 0.2) is 30.3 Å². The highest BCUT2D eigenvalue weighted by Gasteiger charge is 2.16. The number of nitrogens with one attached hydrogen (secondary N) is 1. The maximum absolute atomic E-state index is 11.9. The van der Waals surface area contributed by atoms with E-state index in [4.69, 9.17) is 11.6 Å². The van der Waals surface area contributed by atoms with Gasteiger partial charge in [-0.15, -0.1) is 0 Å². The van der Waals surface area contributed by atoms with Gasteiger partial charge in [-0.25, -0.2) is 4.98 Å². The second-order valence-corrected chi connectivity index (χ2v) is 5.37. The maximum Gasteiger partial charge on any atom is 0.270 e. The van der Waals surface area contributed by atoms with E-state index in [-0.39, 0.29) is 18.1 Å². The molecule has 19 heavy (non-hydrogen) atoms. The van der Waals surface area contributed by atoms with E-state index in [0.717, 1.165) is 10.8 Å². The second kappa shape index (κ2) is 5.15. The molecule has 0 unspecified atom stereocenters. The van der Waals surface area contributed by atoms with Crippen LogP contribution >= 0.6 is 11.6 Å². The summed E-state index contributed by atoms with van der Waals surface area (Å²) in [7, 11) is 0. The van der Waals surface area contributed by atoms with Gasteiger partial charge >= 0.3 is 0 Å². The Balaban J connectivity index is 2.28. The number of benzene rings is 1. The molecule has 100 valence electrons. The van der Waals surface area contributed by atoms with Crippen molar-refractivity contribution in [1.82, 2.24) is 10.3 Å². The fraction of sp³-hybridized carbons (Fsp3) is 0.286. The summed E-state index contributed by atoms with van der Waals surface area (Å²) in [5, 5.41) is 14.2. The first-order valence-corrected chi connectivity index (χ1v) is 6.30. The lowest BCUT2D eigenvalue weighted by atomic mass is 10.1. The van der Waals surface area contributed by atoms with Crippen LogP contribution in [0.25, 0.3) is 10.8 Å². The SMILES string of the molecule is CC(C)(O)CNC(=O)c1cc2ccccc2c(Cl)n1. The average molecular weight is 279 g/mol. The predicted molar refractivity (Wildman–Crippen MR) is 75.4 cm³/mol. The number of nitrogens with zero attached hydrogens (tertiary/aromatic N) is 1. The van der Waals surface area contributed by atoms with E-state index in [1.54, 1.807) is 19.9 Å². The van der Waals surface area contributed by atoms with Gasteiger partial charge in [0.1, 0.15) is 10.8 Å². The summed E-state index contributed by atoms with van der Waals surface area (Å²) in [6, 6.07) is 9.14. The van der Waals surface area contributed by atoms with Gasteiger partial charge < -0.3 is 10.4 Å². The number of halogens is 1. The predicted octanol–water partition coefficient (Wildman–Crippen LogP) is 2.39. The Hall–Kier alpha value is -1.65. The standard InChI is InChI=1S/C14H15ClN2O2/c1-14(2,19)8-16-13(18)11-7-9-5-3-4-6-10(9)12(15)17-11/h3-7,19H,8H2,1-2H3,(H,16,18). The fourth-order valence-corrected chi connectivity index (χ4v) is 1.92. The van der Waals surface area contributed by atoms with Crippen molar-refractivity contribution in [3.05, 3.63) is 41.2 Å². The first-order valence-electron chi connectivity index (χ1n) is 5.93. The molecule has 0 saturated carbocycles. The lowest BCUT2D eigenvalue weighted by Crippen LogP contribution is -2.38. The number of fused-ring (bicyclic) bond motifs is 1. The van der Waals surface area contributed by atoms with Gasteiger partial charge in [0.25, 0.3) is 5.91 Å². The first kappa shape index (κ1) is 13.8. The highest BCUT2D eigenvalue weighted by molar-refractivity contribution is 6.34. The van der Waals surface area contributed by atoms with Crippen LogP contribution in [-0.4, -0.2) is 28.1 Å². The minimum atomic E-state index is -0.962. The normalized spacial score (nSPS) is 11.6. The Labute approximate surface area is 116 Å². The van der Waals surface area contributed by atoms with Crippen LogP contribution in [0.2, 0.25) is 5.15 Å². The van der Waals surface area contributed by atoms with Crippen molar-refractivity contribution in [2.75, 3.05) is 6.54 Å². The van der Waals surface area contributed by atoms with Crippen LogP contribution in [0, 0.1) is 0 Å². The van der Waals surface area contributed by atoms with Crippen molar-refractivity contribution in [3.8, 4) is 0 Å². The van der Waals surface area contributed by atoms with Crippen molar-refractivity contribution in [2.45, 2.75) is 19.4 Å². The molecule has 0 aliphatic carbocycles. The van der Waals surface area contributed by atoms with Gasteiger partial charge in [0.2, 0.25) is 0 Å². The van der Waals surface area contributed by atoms with E-state index < -0.39 is 5.60 Å². The zero-order valence-corrected chi connectivity index (χ0v) is 11.5. The lowest BCUT2D eigenvalue weighted by Gasteiger charge is -2.17. The Kier molecular flexibility index (Phi) is 3.73. The monoisotopic (exact) mass is 278 g/mol. The number of rotatable bonds is 3. The summed E-state index contributed by atoms with van der Waals surface area (Å²) >= 11 is 6.06. The second-order valence-electron chi connectivity index (χ2n) is 5.01. The third-order valence-electron chi connectivity index (χ3n) is 2.61. The topological polar surface area (TPSA) is 62.2 Å². The molecule has 2 aromatic rings. The van der Waals surface area contributed by atoms with Gasteiger partial charge in [-0.3, -0.25) is 4.79 Å². The molecule has 0 aliphatic heterocycles. The van der Waals surface area contributed by atoms with Crippen LogP contribution in [0.1, 0.15) is 24.3 Å². The van der Waals surface area contributed by atoms with Crippen molar-refractivity contribution in [1.29, 1.82) is 0 Å². The number of hydrogen-bond donors (Lipinski definition) is 2. The van der Waals surface area contributed by atoms with E-state index in [1.807, 2.05) is 24.3 Å². The minimum Gasteiger partial charge on any atom is -0.389 e. The van der Waals surface area contributed by atoms with E-state index in [0.29, 0.717) is 5.15 Å². The summed E-state index contributed by atoms with van der Waals surface area (Å²) in [5.41, 5.74) is -0.719. The Morgan fingerprint density at radius 3 is 2.79 bits per heavy atom. The van der Waals surface area contributed by atoms with Crippen LogP contribution in [0.4, 0.5) is 0 Å². The molecule has 1 amide bonds. The molecule has 4 nitrogen and oxygen atoms in total. The molecule has 1 aromatic carbocycles. The van der Waals surface area contributed by atoms with Crippen molar-refractivity contribution in [2.24, 2.45) is 0 Å². The molecule has 0 spiro atoms. The summed E-state index contributed by atoms with van der Waals surface area (Å²) in [4.78, 5) is 16.0. The largest absolute Gasteiger partial charge is 0.389 e. The molecule has 0 saturated heterocycles. The highest BCUT2D eigenvalue weighted by Crippen LogP contribution is 2.22. The van der Waals surface area contributed by atoms with E-state index in [2.05, 4.69) is 10.3 Å². The van der Waals surface area contributed by atoms with Gasteiger partial charge in [0.15, 0.2) is 0 Å². The average Bonchev–Trinajstić information content (AvgIpc) is 2.35. The summed E-state index contributed by atoms with van der Waals surface area (Å²) in [5.74, 6) is -0.352. The van der Waals surface area contributed by atoms with Crippen molar-refractivity contribution >= 4 is 28.3 Å². The number of amides is 1. The Morgan fingerprint density at radius 1 is 1.42 bits per heavy atom. The van der Waals surface area contributed by atoms with E-state index in [1.165, 1.54) is 0 Å². The van der Waals surface area contributed by atoms with Crippen LogP contribution in [0.3, 0.4) is 0 Å². The van der Waals surface area contributed by atoms with Gasteiger partial charge in [0, 0.05) is 11.9 Å². The van der Waals surface area contributed by atoms with E-state index >= 15 is 0 Å². The van der Waals surface area contributed by atoms with Crippen LogP contribution in [-0.2, 0) is 0 Å². The molecule has 0 radical (unpaired) electrons. The van der Waals surface area contributed by atoms with Gasteiger partial charge in [-0.05, 0) is 25.3 Å². The zero-order chi connectivity index (χ0) is 14.0. The smallest absolute Gasteiger partial charge is 0.270 e. The number of carbonyl (C=O) groups is 1. The number of pyridine rings is 1. The zero-order valence-electron chi connectivity index (χ0n) is 10.8. The summed E-state index contributed by atoms with van der Waals surface area (Å²) in [6.07, 6.45) is 0. The molecular weight excluding hydrogens is 264 g/mol.